The smallest absolute Gasteiger partial charge is 0.244 e. The van der Waals surface area contributed by atoms with Gasteiger partial charge in [-0.2, -0.15) is 5.10 Å². The average Bonchev–Trinajstić information content (AvgIpc) is 2.70. The summed E-state index contributed by atoms with van der Waals surface area (Å²) in [4.78, 5) is 12.1. The molecule has 0 aliphatic heterocycles. The first-order valence-electron chi connectivity index (χ1n) is 9.25. The molecule has 0 saturated carbocycles. The van der Waals surface area contributed by atoms with E-state index in [1.807, 2.05) is 80.6 Å². The Kier molecular flexibility index (Phi) is 6.58. The summed E-state index contributed by atoms with van der Waals surface area (Å²) in [5.74, 6) is 0.620. The quantitative estimate of drug-likeness (QED) is 0.488. The van der Waals surface area contributed by atoms with E-state index in [2.05, 4.69) is 16.6 Å². The highest BCUT2D eigenvalue weighted by molar-refractivity contribution is 5.83. The van der Waals surface area contributed by atoms with E-state index in [0.29, 0.717) is 13.0 Å². The zero-order chi connectivity index (χ0) is 19.8. The Labute approximate surface area is 165 Å². The normalized spacial score (nSPS) is 10.8. The lowest BCUT2D eigenvalue weighted by Crippen LogP contribution is -2.20. The van der Waals surface area contributed by atoms with Crippen molar-refractivity contribution in [2.45, 2.75) is 26.9 Å². The summed E-state index contributed by atoms with van der Waals surface area (Å²) >= 11 is 0. The standard InChI is InChI=1S/C24H24N2O2/c1-18-11-12-22(19(2)13-18)15-24(27)26-25-16-21-9-6-10-23(14-21)28-17-20-7-4-3-5-8-20/h3-14,16H,15,17H2,1-2H3,(H,26,27)/b25-16-. The number of ether oxygens (including phenoxy) is 1. The van der Waals surface area contributed by atoms with Gasteiger partial charge in [0, 0.05) is 0 Å². The minimum absolute atomic E-state index is 0.139. The summed E-state index contributed by atoms with van der Waals surface area (Å²) < 4.78 is 5.81. The first-order chi connectivity index (χ1) is 13.6. The fraction of sp³-hybridized carbons (Fsp3) is 0.167. The van der Waals surface area contributed by atoms with E-state index < -0.39 is 0 Å². The molecule has 28 heavy (non-hydrogen) atoms. The van der Waals surface area contributed by atoms with E-state index in [1.54, 1.807) is 6.21 Å². The highest BCUT2D eigenvalue weighted by Gasteiger charge is 2.05. The van der Waals surface area contributed by atoms with E-state index in [-0.39, 0.29) is 5.91 Å². The molecule has 0 aliphatic rings. The number of benzene rings is 3. The molecular formula is C24H24N2O2. The van der Waals surface area contributed by atoms with Crippen LogP contribution in [0.15, 0.2) is 77.9 Å². The van der Waals surface area contributed by atoms with Crippen molar-refractivity contribution in [2.75, 3.05) is 0 Å². The molecule has 0 aromatic heterocycles. The van der Waals surface area contributed by atoms with Crippen molar-refractivity contribution in [3.63, 3.8) is 0 Å². The highest BCUT2D eigenvalue weighted by Crippen LogP contribution is 2.14. The van der Waals surface area contributed by atoms with Gasteiger partial charge < -0.3 is 4.74 Å². The van der Waals surface area contributed by atoms with Crippen LogP contribution in [0.25, 0.3) is 0 Å². The van der Waals surface area contributed by atoms with Crippen LogP contribution >= 0.6 is 0 Å². The van der Waals surface area contributed by atoms with Crippen molar-refractivity contribution in [3.05, 3.63) is 101 Å². The topological polar surface area (TPSA) is 50.7 Å². The Morgan fingerprint density at radius 1 is 1.00 bits per heavy atom. The summed E-state index contributed by atoms with van der Waals surface area (Å²) in [6.45, 7) is 4.56. The zero-order valence-electron chi connectivity index (χ0n) is 16.2. The van der Waals surface area contributed by atoms with Crippen molar-refractivity contribution in [1.29, 1.82) is 0 Å². The third-order valence-corrected chi connectivity index (χ3v) is 4.36. The number of hydrogen-bond acceptors (Lipinski definition) is 3. The van der Waals surface area contributed by atoms with Crippen molar-refractivity contribution in [3.8, 4) is 5.75 Å². The largest absolute Gasteiger partial charge is 0.489 e. The molecule has 0 fully saturated rings. The van der Waals surface area contributed by atoms with Gasteiger partial charge in [-0.3, -0.25) is 4.79 Å². The number of nitrogens with one attached hydrogen (secondary N) is 1. The summed E-state index contributed by atoms with van der Waals surface area (Å²) in [6.07, 6.45) is 1.93. The molecule has 0 bridgehead atoms. The lowest BCUT2D eigenvalue weighted by Gasteiger charge is -2.07. The molecule has 4 heteroatoms. The van der Waals surface area contributed by atoms with E-state index in [0.717, 1.165) is 28.0 Å². The lowest BCUT2D eigenvalue weighted by molar-refractivity contribution is -0.120. The first-order valence-corrected chi connectivity index (χ1v) is 9.25. The number of hydrogen-bond donors (Lipinski definition) is 1. The van der Waals surface area contributed by atoms with E-state index in [1.165, 1.54) is 5.56 Å². The van der Waals surface area contributed by atoms with Gasteiger partial charge in [-0.25, -0.2) is 5.43 Å². The highest BCUT2D eigenvalue weighted by atomic mass is 16.5. The monoisotopic (exact) mass is 372 g/mol. The van der Waals surface area contributed by atoms with Crippen LogP contribution in [0.2, 0.25) is 0 Å². The minimum atomic E-state index is -0.139. The van der Waals surface area contributed by atoms with Crippen molar-refractivity contribution in [2.24, 2.45) is 5.10 Å². The Morgan fingerprint density at radius 2 is 1.82 bits per heavy atom. The number of nitrogens with zero attached hydrogens (tertiary/aromatic N) is 1. The molecule has 0 heterocycles. The summed E-state index contributed by atoms with van der Waals surface area (Å²) in [5.41, 5.74) is 7.87. The molecule has 0 unspecified atom stereocenters. The second-order valence-corrected chi connectivity index (χ2v) is 6.75. The van der Waals surface area contributed by atoms with Crippen LogP contribution in [0.4, 0.5) is 0 Å². The molecule has 1 amide bonds. The zero-order valence-corrected chi connectivity index (χ0v) is 16.2. The molecule has 0 aliphatic carbocycles. The molecule has 0 saturated heterocycles. The van der Waals surface area contributed by atoms with Gasteiger partial charge >= 0.3 is 0 Å². The minimum Gasteiger partial charge on any atom is -0.489 e. The fourth-order valence-electron chi connectivity index (χ4n) is 2.86. The molecule has 3 rings (SSSR count). The number of hydrazone groups is 1. The Balaban J connectivity index is 1.53. The van der Waals surface area contributed by atoms with Crippen LogP contribution in [0.5, 0.6) is 5.75 Å². The van der Waals surface area contributed by atoms with Crippen molar-refractivity contribution < 1.29 is 9.53 Å². The molecule has 0 spiro atoms. The van der Waals surface area contributed by atoms with Crippen LogP contribution in [0, 0.1) is 13.8 Å². The molecule has 3 aromatic rings. The number of aryl methyl sites for hydroxylation is 2. The maximum atomic E-state index is 12.1. The van der Waals surface area contributed by atoms with Gasteiger partial charge in [0.15, 0.2) is 0 Å². The fourth-order valence-corrected chi connectivity index (χ4v) is 2.86. The van der Waals surface area contributed by atoms with Gasteiger partial charge in [-0.1, -0.05) is 66.2 Å². The van der Waals surface area contributed by atoms with Gasteiger partial charge in [-0.15, -0.1) is 0 Å². The van der Waals surface area contributed by atoms with E-state index >= 15 is 0 Å². The molecule has 142 valence electrons. The number of carbonyl (C=O) groups is 1. The SMILES string of the molecule is Cc1ccc(CC(=O)N/N=C\c2cccc(OCc3ccccc3)c2)c(C)c1. The van der Waals surface area contributed by atoms with Gasteiger partial charge in [-0.05, 0) is 48.2 Å². The molecule has 3 aromatic carbocycles. The van der Waals surface area contributed by atoms with Crippen molar-refractivity contribution in [1.82, 2.24) is 5.43 Å². The van der Waals surface area contributed by atoms with Gasteiger partial charge in [0.25, 0.3) is 0 Å². The van der Waals surface area contributed by atoms with Gasteiger partial charge in [0.2, 0.25) is 5.91 Å². The Morgan fingerprint density at radius 3 is 2.61 bits per heavy atom. The van der Waals surface area contributed by atoms with Gasteiger partial charge in [0.1, 0.15) is 12.4 Å². The summed E-state index contributed by atoms with van der Waals surface area (Å²) in [7, 11) is 0. The predicted molar refractivity (Wildman–Crippen MR) is 113 cm³/mol. The predicted octanol–water partition coefficient (Wildman–Crippen LogP) is 4.58. The molecular weight excluding hydrogens is 348 g/mol. The van der Waals surface area contributed by atoms with Crippen LogP contribution < -0.4 is 10.2 Å². The Hall–Kier alpha value is -3.40. The molecule has 4 nitrogen and oxygen atoms in total. The van der Waals surface area contributed by atoms with E-state index in [4.69, 9.17) is 4.74 Å². The maximum Gasteiger partial charge on any atom is 0.244 e. The van der Waals surface area contributed by atoms with Crippen LogP contribution in [-0.4, -0.2) is 12.1 Å². The number of carbonyl (C=O) groups excluding carboxylic acids is 1. The third kappa shape index (κ3) is 5.81. The van der Waals surface area contributed by atoms with Crippen molar-refractivity contribution >= 4 is 12.1 Å². The average molecular weight is 372 g/mol. The van der Waals surface area contributed by atoms with E-state index in [9.17, 15) is 4.79 Å². The summed E-state index contributed by atoms with van der Waals surface area (Å²) in [5, 5.41) is 4.06. The number of amides is 1. The first kappa shape index (κ1) is 19.4. The second kappa shape index (κ2) is 9.51. The van der Waals surface area contributed by atoms with Crippen LogP contribution in [0.3, 0.4) is 0 Å². The number of rotatable bonds is 7. The lowest BCUT2D eigenvalue weighted by atomic mass is 10.0. The second-order valence-electron chi connectivity index (χ2n) is 6.75. The molecule has 0 atom stereocenters. The summed E-state index contributed by atoms with van der Waals surface area (Å²) in [6, 6.07) is 23.7. The van der Waals surface area contributed by atoms with Crippen LogP contribution in [0.1, 0.15) is 27.8 Å². The molecule has 0 radical (unpaired) electrons. The molecule has 1 N–H and O–H groups in total. The maximum absolute atomic E-state index is 12.1. The third-order valence-electron chi connectivity index (χ3n) is 4.36. The Bertz CT molecular complexity index is 965. The van der Waals surface area contributed by atoms with Crippen LogP contribution in [-0.2, 0) is 17.8 Å². The van der Waals surface area contributed by atoms with Gasteiger partial charge in [0.05, 0.1) is 12.6 Å².